The van der Waals surface area contributed by atoms with Gasteiger partial charge in [0, 0.05) is 29.4 Å². The van der Waals surface area contributed by atoms with Crippen LogP contribution in [-0.2, 0) is 11.3 Å². The molecule has 0 saturated carbocycles. The molecule has 0 aromatic carbocycles. The van der Waals surface area contributed by atoms with Crippen LogP contribution in [0.2, 0.25) is 0 Å². The Morgan fingerprint density at radius 1 is 1.28 bits per heavy atom. The smallest absolute Gasteiger partial charge is 0.0594 e. The summed E-state index contributed by atoms with van der Waals surface area (Å²) in [6.07, 6.45) is 2.55. The van der Waals surface area contributed by atoms with Crippen molar-refractivity contribution in [3.8, 4) is 0 Å². The van der Waals surface area contributed by atoms with E-state index >= 15 is 0 Å². The molecule has 1 aromatic heterocycles. The summed E-state index contributed by atoms with van der Waals surface area (Å²) in [6, 6.07) is 4.42. The van der Waals surface area contributed by atoms with E-state index in [1.165, 1.54) is 29.1 Å². The van der Waals surface area contributed by atoms with Crippen molar-refractivity contribution in [2.75, 3.05) is 39.4 Å². The number of thiophene rings is 1. The zero-order chi connectivity index (χ0) is 12.6. The lowest BCUT2D eigenvalue weighted by molar-refractivity contribution is 0.0372. The van der Waals surface area contributed by atoms with Gasteiger partial charge in [-0.3, -0.25) is 4.90 Å². The van der Waals surface area contributed by atoms with Gasteiger partial charge in [0.2, 0.25) is 0 Å². The Balaban J connectivity index is 1.46. The van der Waals surface area contributed by atoms with Gasteiger partial charge in [-0.2, -0.15) is 0 Å². The van der Waals surface area contributed by atoms with Crippen LogP contribution in [0.15, 0.2) is 12.1 Å². The maximum atomic E-state index is 5.34. The molecule has 0 radical (unpaired) electrons. The fraction of sp³-hybridized carbons (Fsp3) is 0.714. The molecule has 3 nitrogen and oxygen atoms in total. The van der Waals surface area contributed by atoms with E-state index in [1.54, 1.807) is 0 Å². The average molecular weight is 268 g/mol. The van der Waals surface area contributed by atoms with Crippen LogP contribution >= 0.6 is 11.3 Å². The number of ether oxygens (including phenoxy) is 1. The lowest BCUT2D eigenvalue weighted by Gasteiger charge is -2.26. The van der Waals surface area contributed by atoms with E-state index in [1.807, 2.05) is 11.3 Å². The van der Waals surface area contributed by atoms with Crippen LogP contribution in [0.5, 0.6) is 0 Å². The number of nitrogens with zero attached hydrogens (tertiary/aromatic N) is 1. The van der Waals surface area contributed by atoms with Crippen LogP contribution in [0.25, 0.3) is 0 Å². The molecule has 1 N–H and O–H groups in total. The SMILES string of the molecule is Cc1ccc(CNCCCCN2CCOCC2)s1. The fourth-order valence-electron chi connectivity index (χ4n) is 2.20. The summed E-state index contributed by atoms with van der Waals surface area (Å²) in [6.45, 7) is 9.59. The van der Waals surface area contributed by atoms with Crippen molar-refractivity contribution in [1.82, 2.24) is 10.2 Å². The molecular formula is C14H24N2OS. The summed E-state index contributed by atoms with van der Waals surface area (Å²) in [5.74, 6) is 0. The van der Waals surface area contributed by atoms with Gasteiger partial charge in [0.15, 0.2) is 0 Å². The molecule has 1 aliphatic rings. The Hall–Kier alpha value is -0.420. The number of hydrogen-bond donors (Lipinski definition) is 1. The predicted molar refractivity (Wildman–Crippen MR) is 77.3 cm³/mol. The highest BCUT2D eigenvalue weighted by Crippen LogP contribution is 2.14. The Morgan fingerprint density at radius 2 is 2.11 bits per heavy atom. The summed E-state index contributed by atoms with van der Waals surface area (Å²) in [4.78, 5) is 5.35. The molecule has 102 valence electrons. The van der Waals surface area contributed by atoms with E-state index in [0.29, 0.717) is 0 Å². The standard InChI is InChI=1S/C14H24N2OS/c1-13-4-5-14(18-13)12-15-6-2-3-7-16-8-10-17-11-9-16/h4-5,15H,2-3,6-12H2,1H3. The predicted octanol–water partition coefficient (Wildman–Crippen LogP) is 2.26. The van der Waals surface area contributed by atoms with Gasteiger partial charge in [-0.25, -0.2) is 0 Å². The topological polar surface area (TPSA) is 24.5 Å². The van der Waals surface area contributed by atoms with Crippen molar-refractivity contribution in [3.63, 3.8) is 0 Å². The molecule has 4 heteroatoms. The van der Waals surface area contributed by atoms with E-state index in [-0.39, 0.29) is 0 Å². The summed E-state index contributed by atoms with van der Waals surface area (Å²) < 4.78 is 5.34. The van der Waals surface area contributed by atoms with Crippen LogP contribution in [-0.4, -0.2) is 44.3 Å². The zero-order valence-electron chi connectivity index (χ0n) is 11.3. The number of nitrogens with one attached hydrogen (secondary N) is 1. The van der Waals surface area contributed by atoms with Gasteiger partial charge in [-0.1, -0.05) is 0 Å². The molecule has 1 aliphatic heterocycles. The van der Waals surface area contributed by atoms with Gasteiger partial charge in [-0.15, -0.1) is 11.3 Å². The van der Waals surface area contributed by atoms with Crippen molar-refractivity contribution in [2.24, 2.45) is 0 Å². The summed E-state index contributed by atoms with van der Waals surface area (Å²) in [7, 11) is 0. The number of rotatable bonds is 7. The quantitative estimate of drug-likeness (QED) is 0.768. The maximum absolute atomic E-state index is 5.34. The first-order chi connectivity index (χ1) is 8.84. The molecule has 0 spiro atoms. The van der Waals surface area contributed by atoms with Crippen molar-refractivity contribution >= 4 is 11.3 Å². The molecule has 0 amide bonds. The van der Waals surface area contributed by atoms with Gasteiger partial charge < -0.3 is 10.1 Å². The van der Waals surface area contributed by atoms with Crippen LogP contribution in [0, 0.1) is 6.92 Å². The second kappa shape index (κ2) is 7.89. The lowest BCUT2D eigenvalue weighted by atomic mass is 10.2. The third-order valence-corrected chi connectivity index (χ3v) is 4.28. The molecule has 0 atom stereocenters. The minimum atomic E-state index is 0.913. The molecule has 2 heterocycles. The van der Waals surface area contributed by atoms with E-state index < -0.39 is 0 Å². The van der Waals surface area contributed by atoms with E-state index in [4.69, 9.17) is 4.74 Å². The van der Waals surface area contributed by atoms with Crippen LogP contribution in [0.1, 0.15) is 22.6 Å². The van der Waals surface area contributed by atoms with E-state index in [0.717, 1.165) is 39.4 Å². The minimum absolute atomic E-state index is 0.913. The van der Waals surface area contributed by atoms with Gasteiger partial charge in [0.25, 0.3) is 0 Å². The Morgan fingerprint density at radius 3 is 2.83 bits per heavy atom. The first-order valence-electron chi connectivity index (χ1n) is 6.91. The zero-order valence-corrected chi connectivity index (χ0v) is 12.1. The van der Waals surface area contributed by atoms with Gasteiger partial charge in [0.1, 0.15) is 0 Å². The number of hydrogen-bond acceptors (Lipinski definition) is 4. The summed E-state index contributed by atoms with van der Waals surface area (Å²) in [5.41, 5.74) is 0. The second-order valence-electron chi connectivity index (χ2n) is 4.85. The Labute approximate surface area is 114 Å². The minimum Gasteiger partial charge on any atom is -0.379 e. The highest BCUT2D eigenvalue weighted by Gasteiger charge is 2.08. The van der Waals surface area contributed by atoms with Crippen LogP contribution < -0.4 is 5.32 Å². The van der Waals surface area contributed by atoms with Crippen molar-refractivity contribution in [1.29, 1.82) is 0 Å². The number of aryl methyl sites for hydroxylation is 1. The largest absolute Gasteiger partial charge is 0.379 e. The maximum Gasteiger partial charge on any atom is 0.0594 e. The third-order valence-electron chi connectivity index (χ3n) is 3.28. The van der Waals surface area contributed by atoms with Gasteiger partial charge in [0.05, 0.1) is 13.2 Å². The Bertz CT molecular complexity index is 334. The van der Waals surface area contributed by atoms with Crippen LogP contribution in [0.3, 0.4) is 0 Å². The Kier molecular flexibility index (Phi) is 6.14. The molecule has 2 rings (SSSR count). The molecule has 0 aliphatic carbocycles. The highest BCUT2D eigenvalue weighted by atomic mass is 32.1. The normalized spacial score (nSPS) is 17.2. The van der Waals surface area contributed by atoms with Gasteiger partial charge in [-0.05, 0) is 45.0 Å². The van der Waals surface area contributed by atoms with Crippen molar-refractivity contribution in [3.05, 3.63) is 21.9 Å². The lowest BCUT2D eigenvalue weighted by Crippen LogP contribution is -2.37. The number of unbranched alkanes of at least 4 members (excludes halogenated alkanes) is 1. The monoisotopic (exact) mass is 268 g/mol. The summed E-state index contributed by atoms with van der Waals surface area (Å²) in [5, 5.41) is 3.52. The van der Waals surface area contributed by atoms with Gasteiger partial charge >= 0.3 is 0 Å². The van der Waals surface area contributed by atoms with E-state index in [2.05, 4.69) is 29.3 Å². The molecular weight excluding hydrogens is 244 g/mol. The van der Waals surface area contributed by atoms with E-state index in [9.17, 15) is 0 Å². The summed E-state index contributed by atoms with van der Waals surface area (Å²) >= 11 is 1.89. The van der Waals surface area contributed by atoms with Crippen molar-refractivity contribution in [2.45, 2.75) is 26.3 Å². The highest BCUT2D eigenvalue weighted by molar-refractivity contribution is 7.11. The third kappa shape index (κ3) is 5.06. The molecule has 18 heavy (non-hydrogen) atoms. The molecule has 0 bridgehead atoms. The first kappa shape index (κ1) is 14.0. The second-order valence-corrected chi connectivity index (χ2v) is 6.22. The van der Waals surface area contributed by atoms with Crippen molar-refractivity contribution < 1.29 is 4.74 Å². The molecule has 1 aromatic rings. The van der Waals surface area contributed by atoms with Crippen LogP contribution in [0.4, 0.5) is 0 Å². The number of morpholine rings is 1. The fourth-order valence-corrected chi connectivity index (χ4v) is 3.06. The molecule has 1 saturated heterocycles. The molecule has 0 unspecified atom stereocenters. The average Bonchev–Trinajstić information content (AvgIpc) is 2.81. The first-order valence-corrected chi connectivity index (χ1v) is 7.72. The molecule has 1 fully saturated rings.